The van der Waals surface area contributed by atoms with Gasteiger partial charge in [-0.1, -0.05) is 46.3 Å². The monoisotopic (exact) mass is 550 g/mol. The molecule has 0 heterocycles. The van der Waals surface area contributed by atoms with Gasteiger partial charge in [-0.2, -0.15) is 35.8 Å². The highest BCUT2D eigenvalue weighted by molar-refractivity contribution is 9.11. The fourth-order valence-electron chi connectivity index (χ4n) is 1.99. The number of ether oxygens (including phenoxy) is 1. The van der Waals surface area contributed by atoms with Crippen LogP contribution in [0.15, 0.2) is 56.5 Å². The van der Waals surface area contributed by atoms with Gasteiger partial charge in [0.2, 0.25) is 0 Å². The second-order valence-electron chi connectivity index (χ2n) is 5.60. The van der Waals surface area contributed by atoms with E-state index in [2.05, 4.69) is 37.0 Å². The molecule has 0 aromatic heterocycles. The number of hydrogen-bond donors (Lipinski definition) is 1. The number of nitrogens with one attached hydrogen (secondary N) is 1. The van der Waals surface area contributed by atoms with E-state index in [-0.39, 0.29) is 17.9 Å². The van der Waals surface area contributed by atoms with Crippen molar-refractivity contribution in [2.45, 2.75) is 24.8 Å². The third-order valence-electron chi connectivity index (χ3n) is 3.42. The molecule has 29 heavy (non-hydrogen) atoms. The van der Waals surface area contributed by atoms with Crippen LogP contribution in [0.5, 0.6) is 5.75 Å². The summed E-state index contributed by atoms with van der Waals surface area (Å²) in [4.78, 5) is 0. The summed E-state index contributed by atoms with van der Waals surface area (Å²) in [6.45, 7) is 0.0810. The Hall–Kier alpha value is -1.82. The number of nitrogens with zero attached hydrogens (tertiary/aromatic N) is 1. The van der Waals surface area contributed by atoms with Gasteiger partial charge < -0.3 is 4.74 Å². The molecule has 0 aliphatic carbocycles. The summed E-state index contributed by atoms with van der Waals surface area (Å²) < 4.78 is 95.3. The lowest BCUT2D eigenvalue weighted by Crippen LogP contribution is -2.58. The first kappa shape index (κ1) is 23.5. The minimum Gasteiger partial charge on any atom is -0.487 e. The summed E-state index contributed by atoms with van der Waals surface area (Å²) in [6.07, 6.45) is -5.81. The first-order valence-electron chi connectivity index (χ1n) is 7.63. The maximum atomic E-state index is 13.3. The molecule has 2 aromatic carbocycles. The standard InChI is InChI=1S/C17H11Br2F7N2O/c18-12-6-11(8-27-28-17(25,26)15(20,21)16(22,23)24)14(13(19)7-12)29-9-10-4-2-1-3-5-10/h1-8,28H,9H2/b27-8-. The van der Waals surface area contributed by atoms with E-state index in [0.29, 0.717) is 20.6 Å². The summed E-state index contributed by atoms with van der Waals surface area (Å²) in [6, 6.07) is 6.13. The number of hydrogen-bond acceptors (Lipinski definition) is 3. The molecule has 0 saturated carbocycles. The van der Waals surface area contributed by atoms with E-state index in [1.165, 1.54) is 6.07 Å². The minimum absolute atomic E-state index is 0.0424. The first-order chi connectivity index (χ1) is 13.3. The highest BCUT2D eigenvalue weighted by Crippen LogP contribution is 2.45. The molecule has 158 valence electrons. The first-order valence-corrected chi connectivity index (χ1v) is 9.22. The molecule has 3 nitrogen and oxygen atoms in total. The summed E-state index contributed by atoms with van der Waals surface area (Å²) in [5.41, 5.74) is 1.39. The van der Waals surface area contributed by atoms with Crippen LogP contribution in [-0.2, 0) is 6.61 Å². The summed E-state index contributed by atoms with van der Waals surface area (Å²) in [7, 11) is 0. The molecule has 1 N–H and O–H groups in total. The van der Waals surface area contributed by atoms with Gasteiger partial charge in [0.1, 0.15) is 12.4 Å². The highest BCUT2D eigenvalue weighted by Gasteiger charge is 2.73. The molecule has 0 aliphatic heterocycles. The Bertz CT molecular complexity index is 874. The van der Waals surface area contributed by atoms with Gasteiger partial charge in [0, 0.05) is 10.0 Å². The van der Waals surface area contributed by atoms with Gasteiger partial charge in [0.05, 0.1) is 10.7 Å². The molecule has 0 unspecified atom stereocenters. The fourth-order valence-corrected chi connectivity index (χ4v) is 3.36. The number of alkyl halides is 7. The number of hydrazone groups is 1. The number of halogens is 9. The van der Waals surface area contributed by atoms with Gasteiger partial charge >= 0.3 is 18.1 Å². The largest absolute Gasteiger partial charge is 0.487 e. The quantitative estimate of drug-likeness (QED) is 0.184. The van der Waals surface area contributed by atoms with E-state index >= 15 is 0 Å². The predicted octanol–water partition coefficient (Wildman–Crippen LogP) is 6.50. The van der Waals surface area contributed by atoms with Crippen molar-refractivity contribution in [2.75, 3.05) is 0 Å². The van der Waals surface area contributed by atoms with E-state index in [9.17, 15) is 30.7 Å². The zero-order valence-corrected chi connectivity index (χ0v) is 17.3. The molecular weight excluding hydrogens is 541 g/mol. The minimum atomic E-state index is -6.46. The number of rotatable bonds is 7. The van der Waals surface area contributed by atoms with Gasteiger partial charge in [-0.25, -0.2) is 5.43 Å². The Labute approximate surface area is 177 Å². The molecule has 0 bridgehead atoms. The Kier molecular flexibility index (Phi) is 7.20. The van der Waals surface area contributed by atoms with Crippen LogP contribution < -0.4 is 10.2 Å². The molecular formula is C17H11Br2F7N2O. The Morgan fingerprint density at radius 2 is 1.59 bits per heavy atom. The lowest BCUT2D eigenvalue weighted by atomic mass is 10.2. The summed E-state index contributed by atoms with van der Waals surface area (Å²) >= 11 is 6.35. The molecule has 0 radical (unpaired) electrons. The zero-order chi connectivity index (χ0) is 21.9. The average molecular weight is 552 g/mol. The molecule has 0 aliphatic rings. The maximum absolute atomic E-state index is 13.3. The van der Waals surface area contributed by atoms with Crippen LogP contribution in [-0.4, -0.2) is 24.4 Å². The summed E-state index contributed by atoms with van der Waals surface area (Å²) in [5.74, 6) is -6.20. The van der Waals surface area contributed by atoms with E-state index in [1.54, 1.807) is 36.4 Å². The van der Waals surface area contributed by atoms with Crippen molar-refractivity contribution in [1.29, 1.82) is 0 Å². The molecule has 0 spiro atoms. The highest BCUT2D eigenvalue weighted by atomic mass is 79.9. The van der Waals surface area contributed by atoms with Crippen LogP contribution in [0.25, 0.3) is 0 Å². The topological polar surface area (TPSA) is 33.6 Å². The lowest BCUT2D eigenvalue weighted by molar-refractivity contribution is -0.361. The zero-order valence-electron chi connectivity index (χ0n) is 14.1. The maximum Gasteiger partial charge on any atom is 0.462 e. The van der Waals surface area contributed by atoms with Gasteiger partial charge in [-0.15, -0.1) is 0 Å². The second kappa shape index (κ2) is 8.90. The SMILES string of the molecule is FC(F)(F)C(F)(F)C(F)(F)N/N=C\c1cc(Br)cc(Br)c1OCc1ccccc1. The van der Waals surface area contributed by atoms with Crippen molar-refractivity contribution in [3.05, 3.63) is 62.5 Å². The molecule has 0 atom stereocenters. The smallest absolute Gasteiger partial charge is 0.462 e. The van der Waals surface area contributed by atoms with Gasteiger partial charge in [-0.05, 0) is 33.6 Å². The normalized spacial score (nSPS) is 13.0. The van der Waals surface area contributed by atoms with Crippen LogP contribution in [0.1, 0.15) is 11.1 Å². The molecule has 2 aromatic rings. The predicted molar refractivity (Wildman–Crippen MR) is 99.3 cm³/mol. The third kappa shape index (κ3) is 5.62. The van der Waals surface area contributed by atoms with Crippen LogP contribution in [0.3, 0.4) is 0 Å². The van der Waals surface area contributed by atoms with Gasteiger partial charge in [-0.3, -0.25) is 0 Å². The molecule has 0 fully saturated rings. The van der Waals surface area contributed by atoms with E-state index in [4.69, 9.17) is 4.74 Å². The Morgan fingerprint density at radius 1 is 0.966 bits per heavy atom. The summed E-state index contributed by atoms with van der Waals surface area (Å²) in [5, 5.41) is 2.86. The molecule has 0 amide bonds. The van der Waals surface area contributed by atoms with Crippen LogP contribution in [0.4, 0.5) is 30.7 Å². The van der Waals surface area contributed by atoms with Gasteiger partial charge in [0.25, 0.3) is 0 Å². The van der Waals surface area contributed by atoms with Crippen molar-refractivity contribution < 1.29 is 35.5 Å². The molecule has 12 heteroatoms. The van der Waals surface area contributed by atoms with Crippen molar-refractivity contribution in [1.82, 2.24) is 5.43 Å². The van der Waals surface area contributed by atoms with Crippen molar-refractivity contribution in [3.8, 4) is 5.75 Å². The molecule has 0 saturated heterocycles. The van der Waals surface area contributed by atoms with Crippen molar-refractivity contribution in [3.63, 3.8) is 0 Å². The van der Waals surface area contributed by atoms with Crippen molar-refractivity contribution >= 4 is 38.1 Å². The van der Waals surface area contributed by atoms with E-state index in [1.807, 2.05) is 0 Å². The van der Waals surface area contributed by atoms with E-state index in [0.717, 1.165) is 5.56 Å². The van der Waals surface area contributed by atoms with Crippen LogP contribution in [0.2, 0.25) is 0 Å². The lowest BCUT2D eigenvalue weighted by Gasteiger charge is -2.27. The molecule has 2 rings (SSSR count). The third-order valence-corrected chi connectivity index (χ3v) is 4.47. The fraction of sp³-hybridized carbons (Fsp3) is 0.235. The van der Waals surface area contributed by atoms with E-state index < -0.39 is 18.1 Å². The second-order valence-corrected chi connectivity index (χ2v) is 7.37. The number of benzene rings is 2. The Morgan fingerprint density at radius 3 is 2.17 bits per heavy atom. The Balaban J connectivity index is 2.23. The van der Waals surface area contributed by atoms with Crippen LogP contribution in [0, 0.1) is 0 Å². The van der Waals surface area contributed by atoms with Gasteiger partial charge in [0.15, 0.2) is 0 Å². The average Bonchev–Trinajstić information content (AvgIpc) is 2.60. The van der Waals surface area contributed by atoms with Crippen LogP contribution >= 0.6 is 31.9 Å². The van der Waals surface area contributed by atoms with Crippen molar-refractivity contribution in [2.24, 2.45) is 5.10 Å².